The fourth-order valence-corrected chi connectivity index (χ4v) is 2.69. The third-order valence-corrected chi connectivity index (χ3v) is 4.14. The van der Waals surface area contributed by atoms with Crippen LogP contribution in [-0.4, -0.2) is 14.9 Å². The zero-order chi connectivity index (χ0) is 16.3. The number of nitrogens with one attached hydrogen (secondary N) is 2. The molecule has 0 aliphatic rings. The lowest BCUT2D eigenvalue weighted by Crippen LogP contribution is -2.28. The molecule has 0 spiro atoms. The van der Waals surface area contributed by atoms with Gasteiger partial charge >= 0.3 is 0 Å². The smallest absolute Gasteiger partial charge is 0.171 e. The summed E-state index contributed by atoms with van der Waals surface area (Å²) < 4.78 is 2.02. The van der Waals surface area contributed by atoms with Crippen LogP contribution < -0.4 is 10.6 Å². The maximum absolute atomic E-state index is 5.41. The number of aryl methyl sites for hydroxylation is 4. The molecule has 0 atom stereocenters. The number of hydrogen-bond acceptors (Lipinski definition) is 2. The predicted molar refractivity (Wildman–Crippen MR) is 96.4 cm³/mol. The summed E-state index contributed by atoms with van der Waals surface area (Å²) >= 11 is 5.41. The summed E-state index contributed by atoms with van der Waals surface area (Å²) in [6.07, 6.45) is 0. The summed E-state index contributed by atoms with van der Waals surface area (Å²) in [5.41, 5.74) is 6.92. The van der Waals surface area contributed by atoms with E-state index in [2.05, 4.69) is 61.6 Å². The first kappa shape index (κ1) is 16.5. The molecule has 0 fully saturated rings. The van der Waals surface area contributed by atoms with Crippen molar-refractivity contribution in [2.45, 2.75) is 47.7 Å². The second-order valence-corrected chi connectivity index (χ2v) is 6.00. The van der Waals surface area contributed by atoms with Crippen molar-refractivity contribution < 1.29 is 0 Å². The topological polar surface area (TPSA) is 41.9 Å². The van der Waals surface area contributed by atoms with E-state index in [1.54, 1.807) is 0 Å². The molecule has 2 aromatic rings. The van der Waals surface area contributed by atoms with Gasteiger partial charge < -0.3 is 10.6 Å². The number of nitrogens with zero attached hydrogens (tertiary/aromatic N) is 2. The molecule has 1 heterocycles. The first-order valence-electron chi connectivity index (χ1n) is 7.57. The van der Waals surface area contributed by atoms with E-state index in [1.807, 2.05) is 11.6 Å². The molecule has 0 bridgehead atoms. The molecule has 22 heavy (non-hydrogen) atoms. The summed E-state index contributed by atoms with van der Waals surface area (Å²) in [5, 5.41) is 11.7. The Kier molecular flexibility index (Phi) is 5.19. The number of thiocarbonyl (C=S) groups is 1. The molecule has 0 unspecified atom stereocenters. The first-order chi connectivity index (χ1) is 10.4. The minimum absolute atomic E-state index is 0.636. The van der Waals surface area contributed by atoms with E-state index in [4.69, 9.17) is 12.2 Å². The van der Waals surface area contributed by atoms with Crippen LogP contribution in [0.1, 0.15) is 35.0 Å². The van der Waals surface area contributed by atoms with Crippen LogP contribution in [0.15, 0.2) is 18.2 Å². The lowest BCUT2D eigenvalue weighted by atomic mass is 10.1. The first-order valence-corrected chi connectivity index (χ1v) is 7.98. The zero-order valence-electron chi connectivity index (χ0n) is 13.9. The van der Waals surface area contributed by atoms with Crippen LogP contribution in [0, 0.1) is 27.7 Å². The van der Waals surface area contributed by atoms with Crippen LogP contribution in [0.5, 0.6) is 0 Å². The van der Waals surface area contributed by atoms with E-state index >= 15 is 0 Å². The number of anilines is 1. The van der Waals surface area contributed by atoms with Gasteiger partial charge in [-0.15, -0.1) is 0 Å². The average Bonchev–Trinajstić information content (AvgIpc) is 2.75. The van der Waals surface area contributed by atoms with Gasteiger partial charge in [0.05, 0.1) is 5.69 Å². The Balaban J connectivity index is 2.01. The van der Waals surface area contributed by atoms with Gasteiger partial charge in [0.25, 0.3) is 0 Å². The molecule has 0 saturated carbocycles. The van der Waals surface area contributed by atoms with E-state index in [-0.39, 0.29) is 0 Å². The van der Waals surface area contributed by atoms with Crippen LogP contribution in [0.25, 0.3) is 0 Å². The molecule has 1 aromatic carbocycles. The Morgan fingerprint density at radius 2 is 1.95 bits per heavy atom. The Bertz CT molecular complexity index is 688. The van der Waals surface area contributed by atoms with E-state index < -0.39 is 0 Å². The molecule has 2 N–H and O–H groups in total. The highest BCUT2D eigenvalue weighted by Crippen LogP contribution is 2.16. The number of hydrogen-bond donors (Lipinski definition) is 2. The van der Waals surface area contributed by atoms with E-state index in [9.17, 15) is 0 Å². The van der Waals surface area contributed by atoms with Crippen molar-refractivity contribution in [2.75, 3.05) is 5.32 Å². The van der Waals surface area contributed by atoms with E-state index in [1.165, 1.54) is 22.4 Å². The van der Waals surface area contributed by atoms with Gasteiger partial charge in [-0.3, -0.25) is 4.68 Å². The van der Waals surface area contributed by atoms with Gasteiger partial charge in [0.2, 0.25) is 0 Å². The zero-order valence-corrected chi connectivity index (χ0v) is 14.8. The molecule has 2 rings (SSSR count). The summed E-state index contributed by atoms with van der Waals surface area (Å²) in [5.74, 6) is 0. The highest BCUT2D eigenvalue weighted by atomic mass is 32.1. The summed E-state index contributed by atoms with van der Waals surface area (Å²) in [6, 6.07) is 6.30. The third-order valence-electron chi connectivity index (χ3n) is 3.90. The molecule has 4 nitrogen and oxygen atoms in total. The van der Waals surface area contributed by atoms with Crippen LogP contribution in [-0.2, 0) is 13.1 Å². The van der Waals surface area contributed by atoms with Crippen molar-refractivity contribution in [3.8, 4) is 0 Å². The Morgan fingerprint density at radius 1 is 1.23 bits per heavy atom. The third kappa shape index (κ3) is 3.65. The highest BCUT2D eigenvalue weighted by Gasteiger charge is 2.11. The number of rotatable bonds is 4. The molecule has 1 aromatic heterocycles. The fourth-order valence-electron chi connectivity index (χ4n) is 2.50. The van der Waals surface area contributed by atoms with Crippen molar-refractivity contribution in [3.05, 3.63) is 46.3 Å². The van der Waals surface area contributed by atoms with Crippen LogP contribution in [0.3, 0.4) is 0 Å². The normalized spacial score (nSPS) is 10.6. The van der Waals surface area contributed by atoms with Gasteiger partial charge in [0, 0.05) is 30.0 Å². The molecule has 5 heteroatoms. The summed E-state index contributed by atoms with van der Waals surface area (Å²) in [6.45, 7) is 12.0. The molecule has 0 amide bonds. The number of aromatic nitrogens is 2. The molecular formula is C17H24N4S. The van der Waals surface area contributed by atoms with Crippen molar-refractivity contribution in [2.24, 2.45) is 0 Å². The maximum Gasteiger partial charge on any atom is 0.171 e. The molecule has 0 aliphatic carbocycles. The fraction of sp³-hybridized carbons (Fsp3) is 0.412. The van der Waals surface area contributed by atoms with Gasteiger partial charge in [-0.05, 0) is 64.0 Å². The quantitative estimate of drug-likeness (QED) is 0.845. The van der Waals surface area contributed by atoms with Gasteiger partial charge in [-0.25, -0.2) is 0 Å². The van der Waals surface area contributed by atoms with Crippen LogP contribution in [0.2, 0.25) is 0 Å². The van der Waals surface area contributed by atoms with Gasteiger partial charge in [-0.2, -0.15) is 5.10 Å². The van der Waals surface area contributed by atoms with Crippen molar-refractivity contribution in [1.29, 1.82) is 0 Å². The van der Waals surface area contributed by atoms with Crippen LogP contribution in [0.4, 0.5) is 5.69 Å². The Hall–Kier alpha value is -1.88. The van der Waals surface area contributed by atoms with Gasteiger partial charge in [-0.1, -0.05) is 12.1 Å². The van der Waals surface area contributed by atoms with Gasteiger partial charge in [0.1, 0.15) is 0 Å². The number of benzene rings is 1. The Morgan fingerprint density at radius 3 is 2.59 bits per heavy atom. The van der Waals surface area contributed by atoms with E-state index in [0.717, 1.165) is 17.9 Å². The monoisotopic (exact) mass is 316 g/mol. The summed E-state index contributed by atoms with van der Waals surface area (Å²) in [4.78, 5) is 0. The highest BCUT2D eigenvalue weighted by molar-refractivity contribution is 7.80. The van der Waals surface area contributed by atoms with Crippen molar-refractivity contribution in [3.63, 3.8) is 0 Å². The predicted octanol–water partition coefficient (Wildman–Crippen LogP) is 3.62. The maximum atomic E-state index is 5.41. The van der Waals surface area contributed by atoms with E-state index in [0.29, 0.717) is 11.7 Å². The molecule has 118 valence electrons. The molecular weight excluding hydrogens is 292 g/mol. The molecule has 0 saturated heterocycles. The molecule has 0 aliphatic heterocycles. The van der Waals surface area contributed by atoms with Crippen molar-refractivity contribution in [1.82, 2.24) is 15.1 Å². The minimum Gasteiger partial charge on any atom is -0.358 e. The average molecular weight is 316 g/mol. The SMILES string of the molecule is CCn1nc(C)c(CNC(=S)Nc2cc(C)ccc2C)c1C. The second-order valence-electron chi connectivity index (χ2n) is 5.59. The van der Waals surface area contributed by atoms with Crippen molar-refractivity contribution >= 4 is 23.0 Å². The second kappa shape index (κ2) is 6.92. The molecule has 0 radical (unpaired) electrons. The lowest BCUT2D eigenvalue weighted by molar-refractivity contribution is 0.633. The standard InChI is InChI=1S/C17H24N4S/c1-6-21-14(5)15(13(4)20-21)10-18-17(22)19-16-9-11(2)7-8-12(16)3/h7-9H,6,10H2,1-5H3,(H2,18,19,22). The minimum atomic E-state index is 0.636. The lowest BCUT2D eigenvalue weighted by Gasteiger charge is -2.13. The van der Waals surface area contributed by atoms with Gasteiger partial charge in [0.15, 0.2) is 5.11 Å². The Labute approximate surface area is 137 Å². The van der Waals surface area contributed by atoms with Crippen LogP contribution >= 0.6 is 12.2 Å². The summed E-state index contributed by atoms with van der Waals surface area (Å²) in [7, 11) is 0. The largest absolute Gasteiger partial charge is 0.358 e.